The quantitative estimate of drug-likeness (QED) is 0.166. The molecule has 0 aliphatic heterocycles. The number of carbonyl (C=O) groups is 1. The number of esters is 1. The highest BCUT2D eigenvalue weighted by molar-refractivity contribution is 5.90. The van der Waals surface area contributed by atoms with Gasteiger partial charge in [-0.3, -0.25) is 0 Å². The summed E-state index contributed by atoms with van der Waals surface area (Å²) in [4.78, 5) is 21.9. The number of methoxy groups -OCH3 is 2. The van der Waals surface area contributed by atoms with Gasteiger partial charge in [0.2, 0.25) is 0 Å². The van der Waals surface area contributed by atoms with Gasteiger partial charge in [-0.25, -0.2) is 14.8 Å². The lowest BCUT2D eigenvalue weighted by Crippen LogP contribution is -2.05. The summed E-state index contributed by atoms with van der Waals surface area (Å²) in [5.74, 6) is 1.49. The molecule has 6 rings (SSSR count). The standard InChI is InChI=1S/C34H29N5O4/c1-41-30-16-15-28(20-31(30)42-2)37-32-33-35-17-18-39(33)21-29(38-32)25-9-6-10-27(19-25)36-26-13-11-24(12-14-26)34(40)43-22-23-7-4-3-5-8-23/h3-21,36H,22H2,1-2H3,(H,37,38). The van der Waals surface area contributed by atoms with E-state index in [1.165, 1.54) is 0 Å². The molecule has 0 aliphatic carbocycles. The van der Waals surface area contributed by atoms with Crippen molar-refractivity contribution in [2.24, 2.45) is 0 Å². The summed E-state index contributed by atoms with van der Waals surface area (Å²) in [6, 6.07) is 30.4. The van der Waals surface area contributed by atoms with Crippen molar-refractivity contribution in [2.45, 2.75) is 6.61 Å². The Hall–Kier alpha value is -5.83. The molecule has 0 saturated carbocycles. The smallest absolute Gasteiger partial charge is 0.338 e. The van der Waals surface area contributed by atoms with Gasteiger partial charge in [-0.05, 0) is 54.1 Å². The van der Waals surface area contributed by atoms with E-state index < -0.39 is 0 Å². The van der Waals surface area contributed by atoms with E-state index in [1.54, 1.807) is 32.5 Å². The van der Waals surface area contributed by atoms with Crippen molar-refractivity contribution in [1.82, 2.24) is 14.4 Å². The molecule has 2 heterocycles. The van der Waals surface area contributed by atoms with Crippen LogP contribution in [0.15, 0.2) is 116 Å². The maximum atomic E-state index is 12.5. The van der Waals surface area contributed by atoms with Gasteiger partial charge in [0.1, 0.15) is 6.61 Å². The minimum absolute atomic E-state index is 0.233. The average molecular weight is 572 g/mol. The number of ether oxygens (including phenoxy) is 3. The van der Waals surface area contributed by atoms with E-state index >= 15 is 0 Å². The van der Waals surface area contributed by atoms with Crippen LogP contribution in [-0.4, -0.2) is 34.6 Å². The summed E-state index contributed by atoms with van der Waals surface area (Å²) in [5.41, 5.74) is 6.29. The number of aromatic nitrogens is 3. The van der Waals surface area contributed by atoms with E-state index in [1.807, 2.05) is 102 Å². The number of hydrogen-bond donors (Lipinski definition) is 2. The fourth-order valence-corrected chi connectivity index (χ4v) is 4.62. The van der Waals surface area contributed by atoms with E-state index in [0.717, 1.165) is 33.9 Å². The van der Waals surface area contributed by atoms with Crippen molar-refractivity contribution >= 4 is 34.5 Å². The molecule has 9 nitrogen and oxygen atoms in total. The highest BCUT2D eigenvalue weighted by Gasteiger charge is 2.13. The molecule has 6 aromatic rings. The van der Waals surface area contributed by atoms with E-state index in [-0.39, 0.29) is 12.6 Å². The zero-order valence-corrected chi connectivity index (χ0v) is 23.7. The van der Waals surface area contributed by atoms with Gasteiger partial charge in [-0.2, -0.15) is 0 Å². The van der Waals surface area contributed by atoms with Crippen LogP contribution >= 0.6 is 0 Å². The third-order valence-corrected chi connectivity index (χ3v) is 6.80. The molecule has 9 heteroatoms. The normalized spacial score (nSPS) is 10.7. The Morgan fingerprint density at radius 2 is 1.56 bits per heavy atom. The monoisotopic (exact) mass is 571 g/mol. The number of imidazole rings is 1. The molecule has 0 atom stereocenters. The fraction of sp³-hybridized carbons (Fsp3) is 0.0882. The number of anilines is 4. The predicted octanol–water partition coefficient (Wildman–Crippen LogP) is 7.26. The third kappa shape index (κ3) is 6.25. The van der Waals surface area contributed by atoms with E-state index in [9.17, 15) is 4.79 Å². The number of benzene rings is 4. The molecule has 0 fully saturated rings. The molecule has 214 valence electrons. The van der Waals surface area contributed by atoms with Gasteiger partial charge in [-0.1, -0.05) is 42.5 Å². The Morgan fingerprint density at radius 1 is 0.791 bits per heavy atom. The molecule has 2 aromatic heterocycles. The van der Waals surface area contributed by atoms with Crippen LogP contribution < -0.4 is 20.1 Å². The lowest BCUT2D eigenvalue weighted by atomic mass is 10.1. The largest absolute Gasteiger partial charge is 0.493 e. The Bertz CT molecular complexity index is 1870. The van der Waals surface area contributed by atoms with Gasteiger partial charge in [0.05, 0.1) is 25.5 Å². The SMILES string of the molecule is COc1ccc(Nc2nc(-c3cccc(Nc4ccc(C(=O)OCc5ccccc5)cc4)c3)cn3ccnc23)cc1OC. The van der Waals surface area contributed by atoms with Crippen molar-refractivity contribution in [3.05, 3.63) is 127 Å². The van der Waals surface area contributed by atoms with Crippen molar-refractivity contribution in [2.75, 3.05) is 24.9 Å². The molecule has 2 N–H and O–H groups in total. The number of nitrogens with one attached hydrogen (secondary N) is 2. The van der Waals surface area contributed by atoms with Crippen LogP contribution in [0.25, 0.3) is 16.9 Å². The second-order valence-corrected chi connectivity index (χ2v) is 9.67. The predicted molar refractivity (Wildman–Crippen MR) is 167 cm³/mol. The summed E-state index contributed by atoms with van der Waals surface area (Å²) in [6.45, 7) is 0.233. The summed E-state index contributed by atoms with van der Waals surface area (Å²) in [7, 11) is 3.20. The van der Waals surface area contributed by atoms with Gasteiger partial charge in [0, 0.05) is 47.3 Å². The van der Waals surface area contributed by atoms with Crippen LogP contribution in [-0.2, 0) is 11.3 Å². The zero-order chi connectivity index (χ0) is 29.6. The number of carbonyl (C=O) groups excluding carboxylic acids is 1. The second-order valence-electron chi connectivity index (χ2n) is 9.67. The summed E-state index contributed by atoms with van der Waals surface area (Å²) >= 11 is 0. The molecule has 0 aliphatic rings. The summed E-state index contributed by atoms with van der Waals surface area (Å²) in [6.07, 6.45) is 5.56. The molecule has 0 amide bonds. The Balaban J connectivity index is 1.19. The van der Waals surface area contributed by atoms with Crippen molar-refractivity contribution in [1.29, 1.82) is 0 Å². The first kappa shape index (κ1) is 27.3. The van der Waals surface area contributed by atoms with E-state index in [0.29, 0.717) is 28.5 Å². The van der Waals surface area contributed by atoms with Gasteiger partial charge < -0.3 is 29.2 Å². The fourth-order valence-electron chi connectivity index (χ4n) is 4.62. The molecule has 0 saturated heterocycles. The van der Waals surface area contributed by atoms with Gasteiger partial charge in [0.15, 0.2) is 23.0 Å². The van der Waals surface area contributed by atoms with Crippen LogP contribution in [0.2, 0.25) is 0 Å². The molecular weight excluding hydrogens is 542 g/mol. The molecular formula is C34H29N5O4. The molecule has 4 aromatic carbocycles. The number of nitrogens with zero attached hydrogens (tertiary/aromatic N) is 3. The highest BCUT2D eigenvalue weighted by Crippen LogP contribution is 2.32. The first-order valence-electron chi connectivity index (χ1n) is 13.6. The van der Waals surface area contributed by atoms with Crippen molar-refractivity contribution in [3.8, 4) is 22.8 Å². The first-order chi connectivity index (χ1) is 21.1. The lowest BCUT2D eigenvalue weighted by Gasteiger charge is -2.13. The van der Waals surface area contributed by atoms with Crippen LogP contribution in [0.4, 0.5) is 22.9 Å². The van der Waals surface area contributed by atoms with Crippen molar-refractivity contribution < 1.29 is 19.0 Å². The maximum absolute atomic E-state index is 12.5. The number of fused-ring (bicyclic) bond motifs is 1. The topological polar surface area (TPSA) is 99.0 Å². The van der Waals surface area contributed by atoms with E-state index in [2.05, 4.69) is 15.6 Å². The Morgan fingerprint density at radius 3 is 2.35 bits per heavy atom. The molecule has 0 unspecified atom stereocenters. The first-order valence-corrected chi connectivity index (χ1v) is 13.6. The number of rotatable bonds is 10. The van der Waals surface area contributed by atoms with Gasteiger partial charge in [-0.15, -0.1) is 0 Å². The van der Waals surface area contributed by atoms with Crippen LogP contribution in [0.3, 0.4) is 0 Å². The van der Waals surface area contributed by atoms with Crippen LogP contribution in [0.5, 0.6) is 11.5 Å². The van der Waals surface area contributed by atoms with Gasteiger partial charge in [0.25, 0.3) is 0 Å². The Kier molecular flexibility index (Phi) is 7.86. The molecule has 43 heavy (non-hydrogen) atoms. The molecule has 0 radical (unpaired) electrons. The van der Waals surface area contributed by atoms with E-state index in [4.69, 9.17) is 19.2 Å². The van der Waals surface area contributed by atoms with Gasteiger partial charge >= 0.3 is 5.97 Å². The summed E-state index contributed by atoms with van der Waals surface area (Å²) < 4.78 is 18.2. The second kappa shape index (κ2) is 12.4. The van der Waals surface area contributed by atoms with Crippen molar-refractivity contribution in [3.63, 3.8) is 0 Å². The molecule has 0 bridgehead atoms. The zero-order valence-electron chi connectivity index (χ0n) is 23.7. The minimum Gasteiger partial charge on any atom is -0.493 e. The highest BCUT2D eigenvalue weighted by atomic mass is 16.5. The number of hydrogen-bond acceptors (Lipinski definition) is 8. The Labute approximate surface area is 248 Å². The minimum atomic E-state index is -0.365. The van der Waals surface area contributed by atoms with Crippen LogP contribution in [0.1, 0.15) is 15.9 Å². The molecule has 0 spiro atoms. The maximum Gasteiger partial charge on any atom is 0.338 e. The lowest BCUT2D eigenvalue weighted by molar-refractivity contribution is 0.0472. The summed E-state index contributed by atoms with van der Waals surface area (Å²) in [5, 5.41) is 6.78. The van der Waals surface area contributed by atoms with Crippen LogP contribution in [0, 0.1) is 0 Å². The third-order valence-electron chi connectivity index (χ3n) is 6.80. The average Bonchev–Trinajstić information content (AvgIpc) is 3.54.